The Morgan fingerprint density at radius 3 is 2.80 bits per heavy atom. The van der Waals surface area contributed by atoms with Crippen molar-refractivity contribution in [2.45, 2.75) is 38.5 Å². The van der Waals surface area contributed by atoms with Crippen molar-refractivity contribution in [2.75, 3.05) is 6.61 Å². The fourth-order valence-corrected chi connectivity index (χ4v) is 2.25. The molecule has 1 aliphatic rings. The zero-order valence-corrected chi connectivity index (χ0v) is 11.3. The Labute approximate surface area is 115 Å². The summed E-state index contributed by atoms with van der Waals surface area (Å²) in [5, 5.41) is 10.7. The maximum absolute atomic E-state index is 13.8. The Balaban J connectivity index is 2.14. The molecule has 2 N–H and O–H groups in total. The Morgan fingerprint density at radius 1 is 1.55 bits per heavy atom. The summed E-state index contributed by atoms with van der Waals surface area (Å²) in [5.74, 6) is -0.757. The lowest BCUT2D eigenvalue weighted by Gasteiger charge is -2.41. The minimum Gasteiger partial charge on any atom is -0.484 e. The van der Waals surface area contributed by atoms with Crippen LogP contribution >= 0.6 is 0 Å². The third-order valence-electron chi connectivity index (χ3n) is 3.38. The maximum atomic E-state index is 13.8. The molecule has 1 saturated carbocycles. The molecule has 0 amide bonds. The lowest BCUT2D eigenvalue weighted by atomic mass is 9.86. The average molecular weight is 284 g/mol. The zero-order valence-electron chi connectivity index (χ0n) is 11.3. The van der Waals surface area contributed by atoms with E-state index in [0.717, 1.165) is 6.07 Å². The van der Waals surface area contributed by atoms with E-state index >= 15 is 0 Å². The van der Waals surface area contributed by atoms with Crippen molar-refractivity contribution in [2.24, 2.45) is 5.73 Å². The van der Waals surface area contributed by atoms with E-state index in [4.69, 9.17) is 15.2 Å². The molecular formula is C13H17FN2O4. The van der Waals surface area contributed by atoms with Crippen LogP contribution in [0, 0.1) is 22.9 Å². The van der Waals surface area contributed by atoms with Crippen molar-refractivity contribution in [3.8, 4) is 5.75 Å². The molecule has 20 heavy (non-hydrogen) atoms. The van der Waals surface area contributed by atoms with Crippen molar-refractivity contribution in [1.29, 1.82) is 0 Å². The molecule has 7 heteroatoms. The SMILES string of the molecule is CCOC1C(N)CC1Oc1cc(C)c([N+](=O)[O-])cc1F. The van der Waals surface area contributed by atoms with Gasteiger partial charge in [-0.05, 0) is 19.9 Å². The third-order valence-corrected chi connectivity index (χ3v) is 3.38. The topological polar surface area (TPSA) is 87.6 Å². The third kappa shape index (κ3) is 2.73. The van der Waals surface area contributed by atoms with Crippen molar-refractivity contribution >= 4 is 5.69 Å². The molecule has 1 fully saturated rings. The Hall–Kier alpha value is -1.73. The summed E-state index contributed by atoms with van der Waals surface area (Å²) in [6, 6.07) is 2.08. The van der Waals surface area contributed by atoms with Gasteiger partial charge in [0.05, 0.1) is 11.0 Å². The molecule has 3 atom stereocenters. The number of benzene rings is 1. The van der Waals surface area contributed by atoms with Gasteiger partial charge in [-0.2, -0.15) is 0 Å². The van der Waals surface area contributed by atoms with Crippen molar-refractivity contribution in [3.63, 3.8) is 0 Å². The standard InChI is InChI=1S/C13H17FN2O4/c1-3-19-13-9(15)6-12(13)20-11-4-7(2)10(16(17)18)5-8(11)14/h4-5,9,12-13H,3,6,15H2,1-2H3. The van der Waals surface area contributed by atoms with E-state index in [1.807, 2.05) is 6.92 Å². The second kappa shape index (κ2) is 5.72. The van der Waals surface area contributed by atoms with Gasteiger partial charge in [-0.3, -0.25) is 10.1 Å². The Kier molecular flexibility index (Phi) is 4.20. The normalized spacial score (nSPS) is 25.1. The van der Waals surface area contributed by atoms with E-state index in [1.165, 1.54) is 13.0 Å². The molecule has 3 unspecified atom stereocenters. The van der Waals surface area contributed by atoms with Gasteiger partial charge in [0, 0.05) is 24.6 Å². The van der Waals surface area contributed by atoms with Gasteiger partial charge in [-0.25, -0.2) is 4.39 Å². The highest BCUT2D eigenvalue weighted by molar-refractivity contribution is 5.45. The molecule has 0 aliphatic heterocycles. The van der Waals surface area contributed by atoms with Crippen LogP contribution in [-0.4, -0.2) is 29.8 Å². The average Bonchev–Trinajstić information content (AvgIpc) is 2.38. The van der Waals surface area contributed by atoms with Crippen LogP contribution in [0.4, 0.5) is 10.1 Å². The lowest BCUT2D eigenvalue weighted by molar-refractivity contribution is -0.385. The minimum atomic E-state index is -0.752. The second-order valence-electron chi connectivity index (χ2n) is 4.80. The van der Waals surface area contributed by atoms with Crippen LogP contribution in [0.1, 0.15) is 18.9 Å². The molecule has 6 nitrogen and oxygen atoms in total. The Morgan fingerprint density at radius 2 is 2.25 bits per heavy atom. The van der Waals surface area contributed by atoms with E-state index in [1.54, 1.807) is 0 Å². The molecule has 0 aromatic heterocycles. The van der Waals surface area contributed by atoms with E-state index < -0.39 is 10.7 Å². The summed E-state index contributed by atoms with van der Waals surface area (Å²) >= 11 is 0. The van der Waals surface area contributed by atoms with Crippen LogP contribution in [-0.2, 0) is 4.74 Å². The molecule has 0 radical (unpaired) electrons. The number of halogens is 1. The van der Waals surface area contributed by atoms with Gasteiger partial charge in [0.2, 0.25) is 0 Å². The van der Waals surface area contributed by atoms with Crippen LogP contribution in [0.5, 0.6) is 5.75 Å². The number of nitrogens with zero attached hydrogens (tertiary/aromatic N) is 1. The predicted molar refractivity (Wildman–Crippen MR) is 70.2 cm³/mol. The van der Waals surface area contributed by atoms with E-state index in [-0.39, 0.29) is 29.7 Å². The first kappa shape index (κ1) is 14.7. The minimum absolute atomic E-state index is 0.00490. The van der Waals surface area contributed by atoms with Gasteiger partial charge in [-0.1, -0.05) is 0 Å². The lowest BCUT2D eigenvalue weighted by Crippen LogP contribution is -2.59. The predicted octanol–water partition coefficient (Wildman–Crippen LogP) is 1.93. The number of rotatable bonds is 5. The molecule has 1 aromatic rings. The number of nitro groups is 1. The van der Waals surface area contributed by atoms with Gasteiger partial charge < -0.3 is 15.2 Å². The van der Waals surface area contributed by atoms with Crippen LogP contribution in [0.25, 0.3) is 0 Å². The van der Waals surface area contributed by atoms with E-state index in [0.29, 0.717) is 18.6 Å². The molecule has 1 aromatic carbocycles. The van der Waals surface area contributed by atoms with Gasteiger partial charge in [-0.15, -0.1) is 0 Å². The fourth-order valence-electron chi connectivity index (χ4n) is 2.25. The number of aryl methyl sites for hydroxylation is 1. The first-order chi connectivity index (χ1) is 9.43. The second-order valence-corrected chi connectivity index (χ2v) is 4.80. The smallest absolute Gasteiger partial charge is 0.275 e. The Bertz CT molecular complexity index is 523. The summed E-state index contributed by atoms with van der Waals surface area (Å²) in [6.45, 7) is 3.88. The molecule has 1 aliphatic carbocycles. The zero-order chi connectivity index (χ0) is 14.9. The van der Waals surface area contributed by atoms with Crippen LogP contribution in [0.3, 0.4) is 0 Å². The van der Waals surface area contributed by atoms with Crippen LogP contribution < -0.4 is 10.5 Å². The first-order valence-electron chi connectivity index (χ1n) is 6.42. The summed E-state index contributed by atoms with van der Waals surface area (Å²) in [5.41, 5.74) is 5.88. The monoisotopic (exact) mass is 284 g/mol. The molecule has 0 spiro atoms. The maximum Gasteiger partial charge on any atom is 0.275 e. The van der Waals surface area contributed by atoms with Crippen molar-refractivity contribution in [3.05, 3.63) is 33.6 Å². The van der Waals surface area contributed by atoms with Gasteiger partial charge in [0.1, 0.15) is 12.2 Å². The number of hydrogen-bond donors (Lipinski definition) is 1. The summed E-state index contributed by atoms with van der Waals surface area (Å²) in [7, 11) is 0. The summed E-state index contributed by atoms with van der Waals surface area (Å²) in [4.78, 5) is 10.1. The summed E-state index contributed by atoms with van der Waals surface area (Å²) in [6.07, 6.45) is -0.0182. The fraction of sp³-hybridized carbons (Fsp3) is 0.538. The highest BCUT2D eigenvalue weighted by Gasteiger charge is 2.41. The van der Waals surface area contributed by atoms with Crippen molar-refractivity contribution in [1.82, 2.24) is 0 Å². The summed E-state index contributed by atoms with van der Waals surface area (Å²) < 4.78 is 24.8. The van der Waals surface area contributed by atoms with Crippen LogP contribution in [0.15, 0.2) is 12.1 Å². The van der Waals surface area contributed by atoms with Gasteiger partial charge in [0.15, 0.2) is 11.6 Å². The molecule has 0 heterocycles. The van der Waals surface area contributed by atoms with E-state index in [2.05, 4.69) is 0 Å². The van der Waals surface area contributed by atoms with Gasteiger partial charge in [0.25, 0.3) is 5.69 Å². The van der Waals surface area contributed by atoms with E-state index in [9.17, 15) is 14.5 Å². The number of nitrogens with two attached hydrogens (primary N) is 1. The van der Waals surface area contributed by atoms with Crippen molar-refractivity contribution < 1.29 is 18.8 Å². The molecule has 110 valence electrons. The largest absolute Gasteiger partial charge is 0.484 e. The number of nitro benzene ring substituents is 1. The highest BCUT2D eigenvalue weighted by Crippen LogP contribution is 2.32. The highest BCUT2D eigenvalue weighted by atomic mass is 19.1. The molecule has 0 bridgehead atoms. The molecular weight excluding hydrogens is 267 g/mol. The first-order valence-corrected chi connectivity index (χ1v) is 6.42. The number of ether oxygens (including phenoxy) is 2. The molecule has 2 rings (SSSR count). The number of hydrogen-bond acceptors (Lipinski definition) is 5. The molecule has 0 saturated heterocycles. The quantitative estimate of drug-likeness (QED) is 0.659. The van der Waals surface area contributed by atoms with Crippen LogP contribution in [0.2, 0.25) is 0 Å². The van der Waals surface area contributed by atoms with Gasteiger partial charge >= 0.3 is 0 Å².